The summed E-state index contributed by atoms with van der Waals surface area (Å²) in [5.74, 6) is 0.899. The van der Waals surface area contributed by atoms with Gasteiger partial charge in [0.15, 0.2) is 5.60 Å². The van der Waals surface area contributed by atoms with Gasteiger partial charge in [-0.1, -0.05) is 34.1 Å². The Morgan fingerprint density at radius 3 is 2.59 bits per heavy atom. The lowest BCUT2D eigenvalue weighted by Crippen LogP contribution is -2.37. The SMILES string of the molecule is Cc1oc(-c2cccc(Br)c2)nc1CNCc1ccc(OC(C)(C)C(=O)O)cc1. The van der Waals surface area contributed by atoms with Gasteiger partial charge < -0.3 is 19.6 Å². The zero-order valence-corrected chi connectivity index (χ0v) is 18.1. The summed E-state index contributed by atoms with van der Waals surface area (Å²) in [7, 11) is 0. The molecular weight excluding hydrogens is 436 g/mol. The number of carbonyl (C=O) groups is 1. The lowest BCUT2D eigenvalue weighted by Gasteiger charge is -2.21. The average Bonchev–Trinajstić information content (AvgIpc) is 3.04. The third kappa shape index (κ3) is 5.46. The van der Waals surface area contributed by atoms with E-state index >= 15 is 0 Å². The van der Waals surface area contributed by atoms with Crippen LogP contribution in [-0.4, -0.2) is 21.7 Å². The topological polar surface area (TPSA) is 84.6 Å². The molecular formula is C22H23BrN2O4. The van der Waals surface area contributed by atoms with Crippen molar-refractivity contribution in [3.63, 3.8) is 0 Å². The second-order valence-electron chi connectivity index (χ2n) is 7.20. The Hall–Kier alpha value is -2.64. The highest BCUT2D eigenvalue weighted by atomic mass is 79.9. The van der Waals surface area contributed by atoms with E-state index in [1.54, 1.807) is 12.1 Å². The number of halogens is 1. The highest BCUT2D eigenvalue weighted by molar-refractivity contribution is 9.10. The minimum atomic E-state index is -1.27. The summed E-state index contributed by atoms with van der Waals surface area (Å²) in [6.07, 6.45) is 0. The van der Waals surface area contributed by atoms with Crippen LogP contribution < -0.4 is 10.1 Å². The first kappa shape index (κ1) is 21.1. The van der Waals surface area contributed by atoms with Crippen molar-refractivity contribution in [3.8, 4) is 17.2 Å². The molecule has 0 saturated carbocycles. The lowest BCUT2D eigenvalue weighted by atomic mass is 10.1. The third-order valence-electron chi connectivity index (χ3n) is 4.40. The molecule has 0 radical (unpaired) electrons. The maximum Gasteiger partial charge on any atom is 0.347 e. The zero-order valence-electron chi connectivity index (χ0n) is 16.5. The molecule has 2 aromatic carbocycles. The molecule has 3 aromatic rings. The normalized spacial score (nSPS) is 11.4. The van der Waals surface area contributed by atoms with Crippen LogP contribution in [0.4, 0.5) is 0 Å². The number of aliphatic carboxylic acids is 1. The van der Waals surface area contributed by atoms with E-state index in [1.807, 2.05) is 43.3 Å². The zero-order chi connectivity index (χ0) is 21.0. The van der Waals surface area contributed by atoms with Gasteiger partial charge in [-0.3, -0.25) is 0 Å². The van der Waals surface area contributed by atoms with Gasteiger partial charge in [0.25, 0.3) is 0 Å². The van der Waals surface area contributed by atoms with Gasteiger partial charge in [-0.05, 0) is 56.7 Å². The van der Waals surface area contributed by atoms with Crippen molar-refractivity contribution in [1.29, 1.82) is 0 Å². The number of nitrogens with one attached hydrogen (secondary N) is 1. The molecule has 7 heteroatoms. The van der Waals surface area contributed by atoms with E-state index in [2.05, 4.69) is 26.2 Å². The molecule has 2 N–H and O–H groups in total. The van der Waals surface area contributed by atoms with Crippen LogP contribution in [0.15, 0.2) is 57.4 Å². The predicted octanol–water partition coefficient (Wildman–Crippen LogP) is 4.94. The fraction of sp³-hybridized carbons (Fsp3) is 0.273. The maximum absolute atomic E-state index is 11.2. The smallest absolute Gasteiger partial charge is 0.347 e. The van der Waals surface area contributed by atoms with E-state index in [-0.39, 0.29) is 0 Å². The molecule has 0 aliphatic heterocycles. The Bertz CT molecular complexity index is 996. The number of ether oxygens (including phenoxy) is 1. The molecule has 1 heterocycles. The summed E-state index contributed by atoms with van der Waals surface area (Å²) >= 11 is 3.46. The first-order valence-corrected chi connectivity index (χ1v) is 9.98. The van der Waals surface area contributed by atoms with Crippen LogP contribution in [0.5, 0.6) is 5.75 Å². The molecule has 0 bridgehead atoms. The van der Waals surface area contributed by atoms with Gasteiger partial charge in [-0.15, -0.1) is 0 Å². The minimum Gasteiger partial charge on any atom is -0.478 e. The van der Waals surface area contributed by atoms with E-state index in [9.17, 15) is 4.79 Å². The standard InChI is InChI=1S/C22H23BrN2O4/c1-14-19(25-20(28-14)16-5-4-6-17(23)11-16)13-24-12-15-7-9-18(10-8-15)29-22(2,3)21(26)27/h4-11,24H,12-13H2,1-3H3,(H,26,27). The Labute approximate surface area is 178 Å². The third-order valence-corrected chi connectivity index (χ3v) is 4.89. The summed E-state index contributed by atoms with van der Waals surface area (Å²) in [5, 5.41) is 12.5. The molecule has 6 nitrogen and oxygen atoms in total. The van der Waals surface area contributed by atoms with Crippen molar-refractivity contribution in [2.24, 2.45) is 0 Å². The summed E-state index contributed by atoms with van der Waals surface area (Å²) in [6.45, 7) is 6.16. The number of aromatic nitrogens is 1. The molecule has 0 unspecified atom stereocenters. The van der Waals surface area contributed by atoms with Gasteiger partial charge in [-0.25, -0.2) is 9.78 Å². The summed E-state index contributed by atoms with van der Waals surface area (Å²) in [4.78, 5) is 15.8. The molecule has 1 aromatic heterocycles. The number of rotatable bonds is 8. The number of oxazole rings is 1. The van der Waals surface area contributed by atoms with Crippen molar-refractivity contribution in [1.82, 2.24) is 10.3 Å². The van der Waals surface area contributed by atoms with Crippen LogP contribution >= 0.6 is 15.9 Å². The number of nitrogens with zero attached hydrogens (tertiary/aromatic N) is 1. The monoisotopic (exact) mass is 458 g/mol. The molecule has 0 fully saturated rings. The largest absolute Gasteiger partial charge is 0.478 e. The van der Waals surface area contributed by atoms with Crippen LogP contribution in [0.1, 0.15) is 30.9 Å². The van der Waals surface area contributed by atoms with E-state index in [4.69, 9.17) is 14.3 Å². The van der Waals surface area contributed by atoms with E-state index in [0.29, 0.717) is 24.7 Å². The van der Waals surface area contributed by atoms with Gasteiger partial charge in [0.1, 0.15) is 11.5 Å². The van der Waals surface area contributed by atoms with Crippen molar-refractivity contribution < 1.29 is 19.1 Å². The first-order chi connectivity index (χ1) is 13.7. The molecule has 29 heavy (non-hydrogen) atoms. The highest BCUT2D eigenvalue weighted by Gasteiger charge is 2.29. The quantitative estimate of drug-likeness (QED) is 0.496. The summed E-state index contributed by atoms with van der Waals surface area (Å²) < 4.78 is 12.3. The predicted molar refractivity (Wildman–Crippen MR) is 114 cm³/mol. The van der Waals surface area contributed by atoms with Crippen molar-refractivity contribution >= 4 is 21.9 Å². The average molecular weight is 459 g/mol. The molecule has 0 amide bonds. The molecule has 152 valence electrons. The Balaban J connectivity index is 1.57. The fourth-order valence-electron chi connectivity index (χ4n) is 2.68. The maximum atomic E-state index is 11.2. The van der Waals surface area contributed by atoms with Crippen LogP contribution in [-0.2, 0) is 17.9 Å². The van der Waals surface area contributed by atoms with Crippen molar-refractivity contribution in [2.45, 2.75) is 39.5 Å². The van der Waals surface area contributed by atoms with E-state index in [0.717, 1.165) is 27.1 Å². The Morgan fingerprint density at radius 1 is 1.21 bits per heavy atom. The highest BCUT2D eigenvalue weighted by Crippen LogP contribution is 2.24. The van der Waals surface area contributed by atoms with Gasteiger partial charge >= 0.3 is 5.97 Å². The number of hydrogen-bond acceptors (Lipinski definition) is 5. The number of aryl methyl sites for hydroxylation is 1. The van der Waals surface area contributed by atoms with Crippen LogP contribution in [0.2, 0.25) is 0 Å². The number of hydrogen-bond donors (Lipinski definition) is 2. The number of carboxylic acid groups (broad SMARTS) is 1. The summed E-state index contributed by atoms with van der Waals surface area (Å²) in [5.41, 5.74) is 1.58. The molecule has 0 aliphatic rings. The van der Waals surface area contributed by atoms with Crippen LogP contribution in [0, 0.1) is 6.92 Å². The van der Waals surface area contributed by atoms with Crippen molar-refractivity contribution in [3.05, 3.63) is 70.0 Å². The van der Waals surface area contributed by atoms with Crippen LogP contribution in [0.25, 0.3) is 11.5 Å². The van der Waals surface area contributed by atoms with Gasteiger partial charge in [-0.2, -0.15) is 0 Å². The van der Waals surface area contributed by atoms with Crippen LogP contribution in [0.3, 0.4) is 0 Å². The molecule has 0 saturated heterocycles. The Kier molecular flexibility index (Phi) is 6.39. The second kappa shape index (κ2) is 8.80. The lowest BCUT2D eigenvalue weighted by molar-refractivity contribution is -0.152. The molecule has 0 aliphatic carbocycles. The van der Waals surface area contributed by atoms with Gasteiger partial charge in [0.05, 0.1) is 5.69 Å². The Morgan fingerprint density at radius 2 is 1.93 bits per heavy atom. The van der Waals surface area contributed by atoms with Crippen molar-refractivity contribution in [2.75, 3.05) is 0 Å². The molecule has 0 spiro atoms. The molecule has 3 rings (SSSR count). The minimum absolute atomic E-state index is 0.521. The van der Waals surface area contributed by atoms with E-state index in [1.165, 1.54) is 13.8 Å². The number of carboxylic acids is 1. The second-order valence-corrected chi connectivity index (χ2v) is 8.11. The van der Waals surface area contributed by atoms with E-state index < -0.39 is 11.6 Å². The fourth-order valence-corrected chi connectivity index (χ4v) is 3.08. The van der Waals surface area contributed by atoms with Gasteiger partial charge in [0.2, 0.25) is 5.89 Å². The molecule has 0 atom stereocenters. The van der Waals surface area contributed by atoms with Gasteiger partial charge in [0, 0.05) is 23.1 Å². The summed E-state index contributed by atoms with van der Waals surface area (Å²) in [6, 6.07) is 15.2. The first-order valence-electron chi connectivity index (χ1n) is 9.19. The number of benzene rings is 2.